The molecule has 0 N–H and O–H groups in total. The van der Waals surface area contributed by atoms with Crippen molar-refractivity contribution in [3.63, 3.8) is 0 Å². The summed E-state index contributed by atoms with van der Waals surface area (Å²) >= 11 is 0. The first-order valence-electron chi connectivity index (χ1n) is 8.48. The van der Waals surface area contributed by atoms with E-state index in [0.717, 1.165) is 17.7 Å². The highest BCUT2D eigenvalue weighted by molar-refractivity contribution is 5.94. The van der Waals surface area contributed by atoms with Gasteiger partial charge in [-0.3, -0.25) is 9.69 Å². The van der Waals surface area contributed by atoms with Crippen molar-refractivity contribution in [2.75, 3.05) is 26.2 Å². The van der Waals surface area contributed by atoms with Gasteiger partial charge in [-0.1, -0.05) is 12.1 Å². The molecule has 26 heavy (non-hydrogen) atoms. The fourth-order valence-electron chi connectivity index (χ4n) is 3.20. The predicted octanol–water partition coefficient (Wildman–Crippen LogP) is 3.36. The van der Waals surface area contributed by atoms with Gasteiger partial charge in [0.25, 0.3) is 5.91 Å². The lowest BCUT2D eigenvalue weighted by atomic mass is 10.0. The van der Waals surface area contributed by atoms with E-state index in [9.17, 15) is 13.6 Å². The van der Waals surface area contributed by atoms with Gasteiger partial charge in [-0.15, -0.1) is 0 Å². The van der Waals surface area contributed by atoms with E-state index in [1.807, 2.05) is 18.2 Å². The second-order valence-corrected chi connectivity index (χ2v) is 6.37. The van der Waals surface area contributed by atoms with E-state index < -0.39 is 11.6 Å². The number of carbonyl (C=O) groups excluding carboxylic acids is 1. The molecule has 1 aliphatic rings. The number of nitriles is 1. The van der Waals surface area contributed by atoms with Gasteiger partial charge in [0.2, 0.25) is 0 Å². The van der Waals surface area contributed by atoms with E-state index in [0.29, 0.717) is 31.7 Å². The molecule has 2 aromatic rings. The Morgan fingerprint density at radius 2 is 1.81 bits per heavy atom. The van der Waals surface area contributed by atoms with Crippen molar-refractivity contribution in [3.05, 3.63) is 70.8 Å². The number of piperazine rings is 1. The first-order valence-corrected chi connectivity index (χ1v) is 8.48. The van der Waals surface area contributed by atoms with Gasteiger partial charge in [0, 0.05) is 37.8 Å². The Balaban J connectivity index is 1.64. The van der Waals surface area contributed by atoms with Crippen LogP contribution in [0, 0.1) is 23.0 Å². The van der Waals surface area contributed by atoms with Gasteiger partial charge in [-0.05, 0) is 42.8 Å². The maximum absolute atomic E-state index is 13.3. The second kappa shape index (κ2) is 7.63. The molecule has 0 spiro atoms. The van der Waals surface area contributed by atoms with E-state index in [1.54, 1.807) is 11.0 Å². The average Bonchev–Trinajstić information content (AvgIpc) is 2.69. The first-order chi connectivity index (χ1) is 12.5. The number of hydrogen-bond donors (Lipinski definition) is 0. The van der Waals surface area contributed by atoms with Crippen molar-refractivity contribution in [1.82, 2.24) is 9.80 Å². The lowest BCUT2D eigenvalue weighted by molar-refractivity contribution is 0.0581. The Bertz CT molecular complexity index is 854. The number of carbonyl (C=O) groups is 1. The van der Waals surface area contributed by atoms with Crippen LogP contribution in [0.3, 0.4) is 0 Å². The highest BCUT2D eigenvalue weighted by Crippen LogP contribution is 2.23. The number of rotatable bonds is 3. The van der Waals surface area contributed by atoms with E-state index in [-0.39, 0.29) is 17.5 Å². The summed E-state index contributed by atoms with van der Waals surface area (Å²) < 4.78 is 26.4. The number of nitrogens with zero attached hydrogens (tertiary/aromatic N) is 3. The molecular formula is C20H19F2N3O. The van der Waals surface area contributed by atoms with Crippen molar-refractivity contribution in [2.24, 2.45) is 0 Å². The quantitative estimate of drug-likeness (QED) is 0.848. The van der Waals surface area contributed by atoms with Gasteiger partial charge >= 0.3 is 0 Å². The maximum Gasteiger partial charge on any atom is 0.254 e. The zero-order chi connectivity index (χ0) is 18.7. The van der Waals surface area contributed by atoms with Gasteiger partial charge in [0.1, 0.15) is 0 Å². The topological polar surface area (TPSA) is 47.3 Å². The Labute approximate surface area is 151 Å². The summed E-state index contributed by atoms with van der Waals surface area (Å²) in [5.41, 5.74) is 1.85. The van der Waals surface area contributed by atoms with Gasteiger partial charge < -0.3 is 4.90 Å². The minimum atomic E-state index is -1.01. The molecule has 1 atom stereocenters. The fraction of sp³-hybridized carbons (Fsp3) is 0.300. The molecule has 0 radical (unpaired) electrons. The van der Waals surface area contributed by atoms with Crippen LogP contribution in [-0.2, 0) is 0 Å². The summed E-state index contributed by atoms with van der Waals surface area (Å²) in [4.78, 5) is 16.4. The molecular weight excluding hydrogens is 336 g/mol. The molecule has 1 saturated heterocycles. The Kier molecular flexibility index (Phi) is 5.29. The van der Waals surface area contributed by atoms with E-state index >= 15 is 0 Å². The maximum atomic E-state index is 13.3. The van der Waals surface area contributed by atoms with E-state index in [4.69, 9.17) is 5.26 Å². The number of benzene rings is 2. The molecule has 1 fully saturated rings. The lowest BCUT2D eigenvalue weighted by Crippen LogP contribution is -2.49. The fourth-order valence-corrected chi connectivity index (χ4v) is 3.20. The Morgan fingerprint density at radius 3 is 2.46 bits per heavy atom. The van der Waals surface area contributed by atoms with Crippen LogP contribution in [0.1, 0.15) is 34.5 Å². The zero-order valence-corrected chi connectivity index (χ0v) is 14.5. The highest BCUT2D eigenvalue weighted by atomic mass is 19.2. The highest BCUT2D eigenvalue weighted by Gasteiger charge is 2.26. The van der Waals surface area contributed by atoms with Crippen LogP contribution in [0.15, 0.2) is 42.5 Å². The van der Waals surface area contributed by atoms with E-state index in [2.05, 4.69) is 17.9 Å². The largest absolute Gasteiger partial charge is 0.336 e. The molecule has 1 aliphatic heterocycles. The summed E-state index contributed by atoms with van der Waals surface area (Å²) in [5.74, 6) is -2.26. The van der Waals surface area contributed by atoms with Crippen molar-refractivity contribution in [1.29, 1.82) is 5.26 Å². The lowest BCUT2D eigenvalue weighted by Gasteiger charge is -2.38. The molecule has 0 aromatic heterocycles. The summed E-state index contributed by atoms with van der Waals surface area (Å²) in [5, 5.41) is 9.04. The molecule has 2 aromatic carbocycles. The van der Waals surface area contributed by atoms with Crippen LogP contribution in [-0.4, -0.2) is 41.9 Å². The summed E-state index contributed by atoms with van der Waals surface area (Å²) in [7, 11) is 0. The standard InChI is InChI=1S/C20H19F2N3O/c1-14(16-4-2-3-15(11-16)13-23)24-7-9-25(10-8-24)20(26)17-5-6-18(21)19(22)12-17/h2-6,11-12,14H,7-10H2,1H3/t14-/m1/s1. The monoisotopic (exact) mass is 355 g/mol. The van der Waals surface area contributed by atoms with Crippen LogP contribution in [0.2, 0.25) is 0 Å². The van der Waals surface area contributed by atoms with Gasteiger partial charge in [0.15, 0.2) is 11.6 Å². The summed E-state index contributed by atoms with van der Waals surface area (Å²) in [6.45, 7) is 4.45. The molecule has 0 aliphatic carbocycles. The number of halogens is 2. The van der Waals surface area contributed by atoms with Crippen LogP contribution in [0.5, 0.6) is 0 Å². The molecule has 4 nitrogen and oxygen atoms in total. The summed E-state index contributed by atoms with van der Waals surface area (Å²) in [6.07, 6.45) is 0. The van der Waals surface area contributed by atoms with Crippen LogP contribution in [0.4, 0.5) is 8.78 Å². The Morgan fingerprint density at radius 1 is 1.08 bits per heavy atom. The zero-order valence-electron chi connectivity index (χ0n) is 14.5. The van der Waals surface area contributed by atoms with Crippen LogP contribution >= 0.6 is 0 Å². The third kappa shape index (κ3) is 3.73. The van der Waals surface area contributed by atoms with Crippen molar-refractivity contribution >= 4 is 5.91 Å². The van der Waals surface area contributed by atoms with Crippen LogP contribution < -0.4 is 0 Å². The van der Waals surface area contributed by atoms with Gasteiger partial charge in [-0.25, -0.2) is 8.78 Å². The molecule has 1 heterocycles. The molecule has 134 valence electrons. The van der Waals surface area contributed by atoms with Crippen LogP contribution in [0.25, 0.3) is 0 Å². The third-order valence-corrected chi connectivity index (χ3v) is 4.81. The molecule has 0 bridgehead atoms. The normalized spacial score (nSPS) is 16.2. The molecule has 1 amide bonds. The SMILES string of the molecule is C[C@H](c1cccc(C#N)c1)N1CCN(C(=O)c2ccc(F)c(F)c2)CC1. The Hall–Kier alpha value is -2.78. The van der Waals surface area contributed by atoms with E-state index in [1.165, 1.54) is 6.07 Å². The number of hydrogen-bond acceptors (Lipinski definition) is 3. The molecule has 0 unspecified atom stereocenters. The third-order valence-electron chi connectivity index (χ3n) is 4.81. The molecule has 3 rings (SSSR count). The van der Waals surface area contributed by atoms with Crippen molar-refractivity contribution < 1.29 is 13.6 Å². The molecule has 6 heteroatoms. The minimum Gasteiger partial charge on any atom is -0.336 e. The summed E-state index contributed by atoms with van der Waals surface area (Å²) in [6, 6.07) is 13.0. The smallest absolute Gasteiger partial charge is 0.254 e. The predicted molar refractivity (Wildman–Crippen MR) is 93.4 cm³/mol. The van der Waals surface area contributed by atoms with Gasteiger partial charge in [0.05, 0.1) is 11.6 Å². The average molecular weight is 355 g/mol. The minimum absolute atomic E-state index is 0.129. The van der Waals surface area contributed by atoms with Gasteiger partial charge in [-0.2, -0.15) is 5.26 Å². The molecule has 0 saturated carbocycles. The van der Waals surface area contributed by atoms with Crippen molar-refractivity contribution in [3.8, 4) is 6.07 Å². The van der Waals surface area contributed by atoms with Crippen molar-refractivity contribution in [2.45, 2.75) is 13.0 Å². The first kappa shape index (κ1) is 18.0. The number of amides is 1. The second-order valence-electron chi connectivity index (χ2n) is 6.37.